The smallest absolute Gasteiger partial charge is 0.408 e. The molecule has 0 spiro atoms. The molecule has 0 radical (unpaired) electrons. The van der Waals surface area contributed by atoms with Gasteiger partial charge in [0, 0.05) is 54.2 Å². The summed E-state index contributed by atoms with van der Waals surface area (Å²) in [4.78, 5) is 55.4. The average Bonchev–Trinajstić information content (AvgIpc) is 3.84. The number of benzene rings is 4. The number of alkyl carbamates (subject to hydrolysis) is 1. The summed E-state index contributed by atoms with van der Waals surface area (Å²) in [5, 5.41) is 10.4. The van der Waals surface area contributed by atoms with Gasteiger partial charge in [0.15, 0.2) is 0 Å². The maximum absolute atomic E-state index is 14.5. The van der Waals surface area contributed by atoms with E-state index >= 15 is 0 Å². The van der Waals surface area contributed by atoms with Gasteiger partial charge in [0.05, 0.1) is 13.0 Å². The molecule has 54 heavy (non-hydrogen) atoms. The molecular weight excluding hydrogens is 707 g/mol. The van der Waals surface area contributed by atoms with Crippen molar-refractivity contribution < 1.29 is 37.8 Å². The molecule has 2 heterocycles. The van der Waals surface area contributed by atoms with Crippen LogP contribution in [-0.4, -0.2) is 58.1 Å². The van der Waals surface area contributed by atoms with Crippen LogP contribution in [0, 0.1) is 5.92 Å². The molecule has 278 valence electrons. The molecule has 6 aromatic rings. The van der Waals surface area contributed by atoms with Crippen molar-refractivity contribution in [2.24, 2.45) is 5.92 Å². The van der Waals surface area contributed by atoms with E-state index in [4.69, 9.17) is 14.0 Å². The average molecular weight is 749 g/mol. The third-order valence-electron chi connectivity index (χ3n) is 9.09. The summed E-state index contributed by atoms with van der Waals surface area (Å²) in [7, 11) is -3.21. The number of carbonyl (C=O) groups excluding carboxylic acids is 3. The number of para-hydroxylation sites is 1. The summed E-state index contributed by atoms with van der Waals surface area (Å²) in [5.74, 6) is -3.60. The fraction of sp³-hybridized carbons (Fsp3) is 0.220. The van der Waals surface area contributed by atoms with Crippen LogP contribution in [0.3, 0.4) is 0 Å². The number of carbonyl (C=O) groups is 3. The number of amides is 2. The quantitative estimate of drug-likeness (QED) is 0.0625. The number of esters is 1. The maximum Gasteiger partial charge on any atom is 0.408 e. The summed E-state index contributed by atoms with van der Waals surface area (Å²) < 4.78 is 30.6. The van der Waals surface area contributed by atoms with Crippen LogP contribution in [0.4, 0.5) is 4.79 Å². The lowest BCUT2D eigenvalue weighted by atomic mass is 10.0. The third-order valence-corrected chi connectivity index (χ3v) is 11.3. The Hall–Kier alpha value is -5.97. The Morgan fingerprint density at radius 3 is 2.19 bits per heavy atom. The number of hydrogen-bond donors (Lipinski definition) is 4. The minimum Gasteiger partial charge on any atom is -0.467 e. The Bertz CT molecular complexity index is 2210. The van der Waals surface area contributed by atoms with E-state index in [1.165, 1.54) is 7.11 Å². The molecule has 0 saturated carbocycles. The highest BCUT2D eigenvalue weighted by Crippen LogP contribution is 2.48. The monoisotopic (exact) mass is 748 g/mol. The molecule has 0 aliphatic carbocycles. The molecule has 4 aromatic carbocycles. The van der Waals surface area contributed by atoms with E-state index in [0.717, 1.165) is 27.6 Å². The zero-order valence-electron chi connectivity index (χ0n) is 29.6. The fourth-order valence-corrected chi connectivity index (χ4v) is 8.24. The zero-order valence-corrected chi connectivity index (χ0v) is 30.5. The summed E-state index contributed by atoms with van der Waals surface area (Å²) >= 11 is 0. The maximum atomic E-state index is 14.5. The summed E-state index contributed by atoms with van der Waals surface area (Å²) in [6.45, 7) is -0.0495. The summed E-state index contributed by atoms with van der Waals surface area (Å²) in [6, 6.07) is 35.4. The topological polar surface area (TPSA) is 173 Å². The Balaban J connectivity index is 1.27. The molecule has 2 amide bonds. The Morgan fingerprint density at radius 1 is 0.833 bits per heavy atom. The number of fused-ring (bicyclic) bond motifs is 1. The molecule has 4 atom stereocenters. The summed E-state index contributed by atoms with van der Waals surface area (Å²) in [6.07, 6.45) is 0.253. The predicted octanol–water partition coefficient (Wildman–Crippen LogP) is 6.65. The van der Waals surface area contributed by atoms with E-state index in [0.29, 0.717) is 11.3 Å². The van der Waals surface area contributed by atoms with Gasteiger partial charge in [-0.2, -0.15) is 0 Å². The van der Waals surface area contributed by atoms with Gasteiger partial charge in [-0.15, -0.1) is 0 Å². The Labute approximate surface area is 312 Å². The first-order valence-corrected chi connectivity index (χ1v) is 19.4. The van der Waals surface area contributed by atoms with Crippen molar-refractivity contribution in [3.05, 3.63) is 150 Å². The highest BCUT2D eigenvalue weighted by molar-refractivity contribution is 7.58. The number of ether oxygens (including phenoxy) is 2. The van der Waals surface area contributed by atoms with Crippen molar-refractivity contribution in [2.75, 3.05) is 13.3 Å². The molecule has 0 saturated heterocycles. The van der Waals surface area contributed by atoms with E-state index in [9.17, 15) is 23.8 Å². The second kappa shape index (κ2) is 17.7. The molecule has 0 aliphatic rings. The van der Waals surface area contributed by atoms with Crippen molar-refractivity contribution in [1.29, 1.82) is 0 Å². The van der Waals surface area contributed by atoms with Crippen molar-refractivity contribution in [3.63, 3.8) is 0 Å². The number of aromatic amines is 1. The van der Waals surface area contributed by atoms with E-state index in [1.54, 1.807) is 48.7 Å². The standard InChI is InChI=1S/C41H41N4O8P/c1-51-40(47)37(23-31-25-42-35-20-12-11-19-34(31)35)43-39(46)32(22-33-24-36(45-53-33)30-17-9-4-10-18-30)27-54(49,50)38(21-28-13-5-2-6-14-28)44-41(48)52-26-29-15-7-3-8-16-29/h2-20,24-25,32,37-38,42H,21-23,26-27H2,1H3,(H,43,46)(H,44,48)(H,49,50)/t32-,37-,38+/m0/s1. The predicted molar refractivity (Wildman–Crippen MR) is 203 cm³/mol. The van der Waals surface area contributed by atoms with Crippen molar-refractivity contribution in [3.8, 4) is 11.3 Å². The number of nitrogens with zero attached hydrogens (tertiary/aromatic N) is 1. The van der Waals surface area contributed by atoms with Gasteiger partial charge in [-0.1, -0.05) is 114 Å². The van der Waals surface area contributed by atoms with Crippen LogP contribution < -0.4 is 10.6 Å². The molecular formula is C41H41N4O8P. The van der Waals surface area contributed by atoms with Crippen molar-refractivity contribution in [1.82, 2.24) is 20.8 Å². The van der Waals surface area contributed by atoms with E-state index < -0.39 is 49.2 Å². The Morgan fingerprint density at radius 2 is 1.48 bits per heavy atom. The fourth-order valence-electron chi connectivity index (χ4n) is 6.26. The lowest BCUT2D eigenvalue weighted by Crippen LogP contribution is -2.47. The molecule has 2 aromatic heterocycles. The minimum atomic E-state index is -4.44. The van der Waals surface area contributed by atoms with Crippen LogP contribution in [0.15, 0.2) is 132 Å². The van der Waals surface area contributed by atoms with Gasteiger partial charge in [0.1, 0.15) is 29.9 Å². The largest absolute Gasteiger partial charge is 0.467 e. The lowest BCUT2D eigenvalue weighted by Gasteiger charge is -2.28. The minimum absolute atomic E-state index is 0.0186. The molecule has 6 rings (SSSR count). The highest BCUT2D eigenvalue weighted by Gasteiger charge is 2.39. The van der Waals surface area contributed by atoms with Crippen molar-refractivity contribution in [2.45, 2.75) is 37.7 Å². The van der Waals surface area contributed by atoms with Gasteiger partial charge < -0.3 is 34.5 Å². The zero-order chi connectivity index (χ0) is 37.9. The first-order valence-electron chi connectivity index (χ1n) is 17.5. The number of aromatic nitrogens is 2. The normalized spacial score (nSPS) is 14.0. The number of H-pyrrole nitrogens is 1. The number of rotatable bonds is 16. The van der Waals surface area contributed by atoms with Gasteiger partial charge in [-0.3, -0.25) is 9.36 Å². The van der Waals surface area contributed by atoms with E-state index in [2.05, 4.69) is 20.8 Å². The van der Waals surface area contributed by atoms with Crippen molar-refractivity contribution >= 4 is 36.2 Å². The number of nitrogens with one attached hydrogen (secondary N) is 3. The third kappa shape index (κ3) is 9.91. The van der Waals surface area contributed by atoms with Gasteiger partial charge >= 0.3 is 12.1 Å². The Kier molecular flexibility index (Phi) is 12.4. The van der Waals surface area contributed by atoms with Crippen LogP contribution in [0.5, 0.6) is 0 Å². The highest BCUT2D eigenvalue weighted by atomic mass is 31.2. The first kappa shape index (κ1) is 37.8. The molecule has 13 heteroatoms. The van der Waals surface area contributed by atoms with Gasteiger partial charge in [0.25, 0.3) is 0 Å². The molecule has 12 nitrogen and oxygen atoms in total. The van der Waals surface area contributed by atoms with Crippen LogP contribution in [0.2, 0.25) is 0 Å². The second-order valence-corrected chi connectivity index (χ2v) is 15.4. The van der Waals surface area contributed by atoms with E-state index in [1.807, 2.05) is 78.9 Å². The van der Waals surface area contributed by atoms with E-state index in [-0.39, 0.29) is 31.6 Å². The van der Waals surface area contributed by atoms with Crippen LogP contribution in [-0.2, 0) is 49.5 Å². The van der Waals surface area contributed by atoms with Crippen LogP contribution >= 0.6 is 7.37 Å². The lowest BCUT2D eigenvalue weighted by molar-refractivity contribution is -0.145. The SMILES string of the molecule is COC(=O)[C@H](Cc1c[nH]c2ccccc12)NC(=O)[C@@H](Cc1cc(-c2ccccc2)no1)CP(=O)(O)[C@H](Cc1ccccc1)NC(=O)OCc1ccccc1. The molecule has 0 fully saturated rings. The first-order chi connectivity index (χ1) is 26.2. The number of hydrogen-bond acceptors (Lipinski definition) is 8. The molecule has 1 unspecified atom stereocenters. The second-order valence-electron chi connectivity index (χ2n) is 12.9. The van der Waals surface area contributed by atoms with Crippen LogP contribution in [0.1, 0.15) is 22.5 Å². The number of methoxy groups -OCH3 is 1. The molecule has 0 aliphatic heterocycles. The van der Waals surface area contributed by atoms with Gasteiger partial charge in [0.2, 0.25) is 13.3 Å². The van der Waals surface area contributed by atoms with Gasteiger partial charge in [-0.25, -0.2) is 9.59 Å². The van der Waals surface area contributed by atoms with Crippen LogP contribution in [0.25, 0.3) is 22.2 Å². The summed E-state index contributed by atoms with van der Waals surface area (Å²) in [5.41, 5.74) is 4.37. The molecule has 4 N–H and O–H groups in total. The van der Waals surface area contributed by atoms with Gasteiger partial charge in [-0.05, 0) is 22.8 Å². The molecule has 0 bridgehead atoms.